The second-order valence-corrected chi connectivity index (χ2v) is 20.3. The third-order valence-corrected chi connectivity index (χ3v) is 14.5. The lowest BCUT2D eigenvalue weighted by atomic mass is 9.52. The van der Waals surface area contributed by atoms with Gasteiger partial charge in [-0.15, -0.1) is 11.3 Å². The van der Waals surface area contributed by atoms with E-state index in [-0.39, 0.29) is 46.4 Å². The summed E-state index contributed by atoms with van der Waals surface area (Å²) in [5.74, 6) is 0.713. The van der Waals surface area contributed by atoms with Crippen LogP contribution in [0.4, 0.5) is 5.82 Å². The number of likely N-dealkylation sites (tertiary alicyclic amines) is 1. The number of nitrogens with one attached hydrogen (secondary N) is 2. The second-order valence-electron chi connectivity index (χ2n) is 19.5. The summed E-state index contributed by atoms with van der Waals surface area (Å²) in [6.45, 7) is 20.4. The number of piperazine rings is 1. The molecule has 5 heterocycles. The molecule has 4 aliphatic rings. The first-order chi connectivity index (χ1) is 30.1. The van der Waals surface area contributed by atoms with E-state index in [4.69, 9.17) is 4.74 Å². The van der Waals surface area contributed by atoms with Crippen molar-refractivity contribution in [2.45, 2.75) is 98.9 Å². The van der Waals surface area contributed by atoms with Gasteiger partial charge in [0.1, 0.15) is 30.3 Å². The van der Waals surface area contributed by atoms with E-state index in [1.165, 1.54) is 0 Å². The molecule has 0 radical (unpaired) electrons. The van der Waals surface area contributed by atoms with Gasteiger partial charge in [-0.1, -0.05) is 71.9 Å². The molecule has 13 nitrogen and oxygen atoms in total. The molecule has 0 unspecified atom stereocenters. The Kier molecular flexibility index (Phi) is 12.7. The van der Waals surface area contributed by atoms with Crippen LogP contribution in [0.3, 0.4) is 0 Å². The summed E-state index contributed by atoms with van der Waals surface area (Å²) < 4.78 is 6.19. The number of amides is 4. The van der Waals surface area contributed by atoms with E-state index in [0.717, 1.165) is 78.6 Å². The van der Waals surface area contributed by atoms with Crippen LogP contribution in [0.1, 0.15) is 98.3 Å². The van der Waals surface area contributed by atoms with E-state index in [2.05, 4.69) is 58.1 Å². The molecule has 2 aromatic carbocycles. The highest BCUT2D eigenvalue weighted by Crippen LogP contribution is 2.53. The van der Waals surface area contributed by atoms with E-state index in [9.17, 15) is 19.2 Å². The molecular formula is C49H62N8O5S. The van der Waals surface area contributed by atoms with Crippen molar-refractivity contribution in [2.75, 3.05) is 50.8 Å². The minimum atomic E-state index is -0.700. The maximum absolute atomic E-state index is 14.3. The molecule has 2 N–H and O–H groups in total. The van der Waals surface area contributed by atoms with Gasteiger partial charge in [-0.25, -0.2) is 9.97 Å². The first kappa shape index (κ1) is 44.3. The van der Waals surface area contributed by atoms with E-state index in [1.54, 1.807) is 33.4 Å². The molecule has 2 atom stereocenters. The molecule has 0 spiro atoms. The van der Waals surface area contributed by atoms with E-state index >= 15 is 0 Å². The number of anilines is 1. The Morgan fingerprint density at radius 3 is 2.33 bits per heavy atom. The van der Waals surface area contributed by atoms with Crippen molar-refractivity contribution < 1.29 is 23.9 Å². The number of aryl methyl sites for hydroxylation is 1. The number of aromatic nitrogens is 2. The predicted octanol–water partition coefficient (Wildman–Crippen LogP) is 6.56. The van der Waals surface area contributed by atoms with Crippen LogP contribution in [0.15, 0.2) is 66.3 Å². The second kappa shape index (κ2) is 18.0. The van der Waals surface area contributed by atoms with Crippen LogP contribution in [-0.2, 0) is 22.7 Å². The Morgan fingerprint density at radius 2 is 1.68 bits per heavy atom. The first-order valence-electron chi connectivity index (χ1n) is 22.5. The minimum Gasteiger partial charge on any atom is -0.492 e. The Bertz CT molecular complexity index is 2300. The van der Waals surface area contributed by atoms with Crippen molar-refractivity contribution in [3.05, 3.63) is 94.3 Å². The zero-order valence-electron chi connectivity index (χ0n) is 37.8. The van der Waals surface area contributed by atoms with Gasteiger partial charge >= 0.3 is 0 Å². The van der Waals surface area contributed by atoms with Crippen LogP contribution in [0.2, 0.25) is 0 Å². The van der Waals surface area contributed by atoms with Gasteiger partial charge in [-0.05, 0) is 83.9 Å². The molecular weight excluding hydrogens is 813 g/mol. The lowest BCUT2D eigenvalue weighted by molar-refractivity contribution is -0.143. The highest BCUT2D eigenvalue weighted by Gasteiger charge is 2.53. The smallest absolute Gasteiger partial charge is 0.255 e. The van der Waals surface area contributed by atoms with Gasteiger partial charge in [0.15, 0.2) is 0 Å². The lowest BCUT2D eigenvalue weighted by Gasteiger charge is -2.57. The van der Waals surface area contributed by atoms with Crippen LogP contribution in [-0.4, -0.2) is 112 Å². The normalized spacial score (nSPS) is 20.1. The summed E-state index contributed by atoms with van der Waals surface area (Å²) in [5.41, 5.74) is 7.08. The zero-order chi connectivity index (χ0) is 44.6. The Hall–Kier alpha value is -5.34. The predicted molar refractivity (Wildman–Crippen MR) is 246 cm³/mol. The molecule has 3 aliphatic heterocycles. The quantitative estimate of drug-likeness (QED) is 0.144. The summed E-state index contributed by atoms with van der Waals surface area (Å²) in [6.07, 6.45) is 4.08. The summed E-state index contributed by atoms with van der Waals surface area (Å²) in [5, 5.41) is 6.31. The number of pyridine rings is 1. The van der Waals surface area contributed by atoms with E-state index in [1.807, 2.05) is 74.8 Å². The number of ether oxygens (including phenoxy) is 1. The van der Waals surface area contributed by atoms with Crippen LogP contribution in [0.25, 0.3) is 10.4 Å². The Labute approximate surface area is 375 Å². The number of carbonyl (C=O) groups excluding carboxylic acids is 4. The summed E-state index contributed by atoms with van der Waals surface area (Å²) >= 11 is 1.61. The highest BCUT2D eigenvalue weighted by atomic mass is 32.1. The van der Waals surface area contributed by atoms with Gasteiger partial charge in [0, 0.05) is 70.2 Å². The molecule has 2 saturated heterocycles. The maximum atomic E-state index is 14.3. The molecule has 8 rings (SSSR count). The average Bonchev–Trinajstić information content (AvgIpc) is 4.01. The number of hydrogen-bond donors (Lipinski definition) is 2. The monoisotopic (exact) mass is 874 g/mol. The van der Waals surface area contributed by atoms with Gasteiger partial charge in [0.05, 0.1) is 21.6 Å². The molecule has 14 heteroatoms. The summed E-state index contributed by atoms with van der Waals surface area (Å²) in [4.78, 5) is 73.0. The summed E-state index contributed by atoms with van der Waals surface area (Å²) in [7, 11) is 0. The van der Waals surface area contributed by atoms with Crippen molar-refractivity contribution in [1.82, 2.24) is 35.3 Å². The summed E-state index contributed by atoms with van der Waals surface area (Å²) in [6, 6.07) is 16.4. The molecule has 4 amide bonds. The first-order valence-corrected chi connectivity index (χ1v) is 23.4. The number of nitrogens with zero attached hydrogens (tertiary/aromatic N) is 6. The van der Waals surface area contributed by atoms with Crippen LogP contribution in [0.5, 0.6) is 5.75 Å². The third kappa shape index (κ3) is 9.34. The molecule has 334 valence electrons. The lowest BCUT2D eigenvalue weighted by Crippen LogP contribution is -2.63. The van der Waals surface area contributed by atoms with Crippen LogP contribution < -0.4 is 20.3 Å². The van der Waals surface area contributed by atoms with Gasteiger partial charge < -0.3 is 30.1 Å². The molecule has 3 fully saturated rings. The van der Waals surface area contributed by atoms with Crippen LogP contribution in [0, 0.1) is 23.7 Å². The Balaban J connectivity index is 0.799. The number of rotatable bonds is 14. The molecule has 4 aromatic rings. The SMILES string of the molecule is Cc1ncsc1-c1ccc(CNC(=O)[C@@H]2CCCN2C(=O)[C@H](C(C)C)N2Cc3ccc(OCCN4CCN(c5ccc(C(=O)NC6C(C)(C)CC6(C)C)cn5)CC4)cc3C2=O)cc1. The topological polar surface area (TPSA) is 140 Å². The zero-order valence-corrected chi connectivity index (χ0v) is 38.6. The number of fused-ring (bicyclic) bond motifs is 1. The number of thiazole rings is 1. The molecule has 1 aliphatic carbocycles. The fraction of sp³-hybridized carbons (Fsp3) is 0.510. The van der Waals surface area contributed by atoms with E-state index in [0.29, 0.717) is 49.5 Å². The van der Waals surface area contributed by atoms with Gasteiger partial charge in [0.2, 0.25) is 11.8 Å². The fourth-order valence-corrected chi connectivity index (χ4v) is 11.5. The minimum absolute atomic E-state index is 0.0733. The number of benzene rings is 2. The number of carbonyl (C=O) groups is 4. The van der Waals surface area contributed by atoms with Crippen molar-refractivity contribution in [2.24, 2.45) is 16.7 Å². The molecule has 63 heavy (non-hydrogen) atoms. The Morgan fingerprint density at radius 1 is 0.937 bits per heavy atom. The van der Waals surface area contributed by atoms with E-state index < -0.39 is 12.1 Å². The van der Waals surface area contributed by atoms with Crippen molar-refractivity contribution in [1.29, 1.82) is 0 Å². The largest absolute Gasteiger partial charge is 0.492 e. The maximum Gasteiger partial charge on any atom is 0.255 e. The number of hydrogen-bond acceptors (Lipinski definition) is 10. The molecule has 2 aromatic heterocycles. The van der Waals surface area contributed by atoms with Crippen molar-refractivity contribution in [3.63, 3.8) is 0 Å². The molecule has 0 bridgehead atoms. The van der Waals surface area contributed by atoms with Crippen molar-refractivity contribution >= 4 is 40.8 Å². The van der Waals surface area contributed by atoms with Crippen LogP contribution >= 0.6 is 11.3 Å². The van der Waals surface area contributed by atoms with Gasteiger partial charge in [-0.3, -0.25) is 24.1 Å². The highest BCUT2D eigenvalue weighted by molar-refractivity contribution is 7.13. The standard InChI is InChI=1S/C49H62N8O5S/c1-31(2)41(46(61)56-18-8-9-39(56)44(59)51-26-33-10-12-34(13-11-33)42-32(3)52-30-63-42)57-28-36-14-16-37(25-38(36)45(57)60)62-24-23-54-19-21-55(22-20-54)40-17-15-35(27-50-40)43(58)53-47-48(4,5)29-49(47,6)7/h10-17,25,27,30-31,39,41,47H,8-9,18-24,26,28-29H2,1-7H3,(H,51,59)(H,53,58)/t39-,41-/m0/s1. The average molecular weight is 875 g/mol. The van der Waals surface area contributed by atoms with Crippen molar-refractivity contribution in [3.8, 4) is 16.2 Å². The van der Waals surface area contributed by atoms with Gasteiger partial charge in [-0.2, -0.15) is 0 Å². The van der Waals surface area contributed by atoms with Gasteiger partial charge in [0.25, 0.3) is 11.8 Å². The fourth-order valence-electron chi connectivity index (χ4n) is 10.6. The third-order valence-electron chi connectivity index (χ3n) is 13.5. The molecule has 1 saturated carbocycles.